The second-order valence-electron chi connectivity index (χ2n) is 26.9. The summed E-state index contributed by atoms with van der Waals surface area (Å²) in [5, 5.41) is 28.3. The van der Waals surface area contributed by atoms with E-state index in [2.05, 4.69) is 50.3 Å². The molecule has 0 bridgehead atoms. The van der Waals surface area contributed by atoms with Crippen LogP contribution in [0, 0.1) is 67.6 Å². The summed E-state index contributed by atoms with van der Waals surface area (Å²) in [6, 6.07) is 19.0. The molecule has 6 rings (SSSR count). The number of hydrogen-bond acceptors (Lipinski definition) is 16. The lowest BCUT2D eigenvalue weighted by molar-refractivity contribution is -0.149. The number of Topliss-reactive ketones (excluding diaryl/α,β-unsaturated/α-hetero) is 1. The minimum absolute atomic E-state index is 0.0701. The third-order valence-corrected chi connectivity index (χ3v) is 15.4. The van der Waals surface area contributed by atoms with Crippen LogP contribution in [0.25, 0.3) is 0 Å². The van der Waals surface area contributed by atoms with E-state index < -0.39 is 45.7 Å². The summed E-state index contributed by atoms with van der Waals surface area (Å²) >= 11 is 0. The quantitative estimate of drug-likeness (QED) is 0.103. The highest BCUT2D eigenvalue weighted by atomic mass is 16.6. The number of carbonyl (C=O) groups is 7. The molecule has 88 heavy (non-hydrogen) atoms. The number of piperidine rings is 4. The van der Waals surface area contributed by atoms with Gasteiger partial charge in [0.2, 0.25) is 0 Å². The largest absolute Gasteiger partial charge is 0.465 e. The molecule has 2 aromatic carbocycles. The minimum atomic E-state index is -0.926. The zero-order valence-electron chi connectivity index (χ0n) is 55.9. The third kappa shape index (κ3) is 23.1. The predicted octanol–water partition coefficient (Wildman–Crippen LogP) is 12.7. The van der Waals surface area contributed by atoms with E-state index in [0.29, 0.717) is 97.3 Å². The summed E-state index contributed by atoms with van der Waals surface area (Å²) < 4.78 is 31.5. The molecule has 0 saturated carbocycles. The normalized spacial score (nSPS) is 16.9. The molecule has 4 fully saturated rings. The number of aryl methyl sites for hydroxylation is 4. The molecule has 4 saturated heterocycles. The Labute approximate surface area is 523 Å². The SMILES string of the molecule is CC(C)(C)OC(=O)N1CCC(=O)CC1.CCOC(=O)C(C#N)=C1CCN(C(=O)OC(C)(C)C)CC1.CCOC(=O)C(C#N)C1(c2ccc(C)c(C)c2)CCN(C(=O)OC(C)(C)C)CC1.Cc1ccc(C2(CC#N)CCN(C(=O)OC(C)(C)C)CC2)cc1C. The molecule has 0 radical (unpaired) electrons. The number of likely N-dealkylation sites (tertiary alicyclic amines) is 4. The van der Waals surface area contributed by atoms with Crippen LogP contribution in [0.1, 0.15) is 188 Å². The Balaban J connectivity index is 0.000000315. The van der Waals surface area contributed by atoms with Crippen molar-refractivity contribution in [2.75, 3.05) is 65.6 Å². The maximum atomic E-state index is 12.7. The van der Waals surface area contributed by atoms with Crippen LogP contribution in [0.2, 0.25) is 0 Å². The van der Waals surface area contributed by atoms with Gasteiger partial charge in [-0.15, -0.1) is 0 Å². The van der Waals surface area contributed by atoms with Crippen LogP contribution in [0.3, 0.4) is 0 Å². The van der Waals surface area contributed by atoms with Gasteiger partial charge >= 0.3 is 36.3 Å². The van der Waals surface area contributed by atoms with Gasteiger partial charge in [0, 0.05) is 82.5 Å². The predicted molar refractivity (Wildman–Crippen MR) is 334 cm³/mol. The lowest BCUT2D eigenvalue weighted by atomic mass is 9.64. The first-order valence-electron chi connectivity index (χ1n) is 30.7. The molecule has 0 spiro atoms. The molecule has 4 amide bonds. The smallest absolute Gasteiger partial charge is 0.410 e. The number of benzene rings is 2. The lowest BCUT2D eigenvalue weighted by Crippen LogP contribution is -2.51. The molecular formula is C68H99N7O13. The molecule has 0 aromatic heterocycles. The maximum Gasteiger partial charge on any atom is 0.410 e. The van der Waals surface area contributed by atoms with Crippen molar-refractivity contribution in [3.05, 3.63) is 80.9 Å². The zero-order chi connectivity index (χ0) is 66.6. The number of amides is 4. The Bertz CT molecular complexity index is 2900. The van der Waals surface area contributed by atoms with Crippen LogP contribution in [0.4, 0.5) is 19.2 Å². The highest BCUT2D eigenvalue weighted by Gasteiger charge is 2.49. The number of esters is 2. The Kier molecular flexibility index (Phi) is 27.6. The number of nitriles is 3. The van der Waals surface area contributed by atoms with Gasteiger partial charge in [-0.05, 0) is 202 Å². The van der Waals surface area contributed by atoms with Crippen molar-refractivity contribution in [3.8, 4) is 18.2 Å². The van der Waals surface area contributed by atoms with E-state index in [-0.39, 0.29) is 54.4 Å². The lowest BCUT2D eigenvalue weighted by Gasteiger charge is -2.44. The number of rotatable bonds is 8. The summed E-state index contributed by atoms with van der Waals surface area (Å²) in [6.45, 7) is 38.2. The summed E-state index contributed by atoms with van der Waals surface area (Å²) in [5.74, 6) is -1.78. The van der Waals surface area contributed by atoms with Gasteiger partial charge in [-0.2, -0.15) is 15.8 Å². The molecule has 1 atom stereocenters. The summed E-state index contributed by atoms with van der Waals surface area (Å²) in [6.07, 6.45) is 3.64. The summed E-state index contributed by atoms with van der Waals surface area (Å²) in [4.78, 5) is 90.0. The fourth-order valence-electron chi connectivity index (χ4n) is 10.3. The molecule has 4 heterocycles. The molecule has 4 aliphatic rings. The van der Waals surface area contributed by atoms with E-state index in [1.54, 1.807) is 33.4 Å². The molecule has 2 aromatic rings. The molecule has 0 aliphatic carbocycles. The van der Waals surface area contributed by atoms with E-state index >= 15 is 0 Å². The first kappa shape index (κ1) is 74.6. The number of hydrogen-bond donors (Lipinski definition) is 0. The van der Waals surface area contributed by atoms with Crippen molar-refractivity contribution in [1.82, 2.24) is 19.6 Å². The van der Waals surface area contributed by atoms with E-state index in [9.17, 15) is 44.1 Å². The van der Waals surface area contributed by atoms with Gasteiger partial charge in [0.1, 0.15) is 39.8 Å². The fourth-order valence-corrected chi connectivity index (χ4v) is 10.3. The van der Waals surface area contributed by atoms with Gasteiger partial charge in [0.05, 0.1) is 25.4 Å². The Morgan fingerprint density at radius 3 is 1.23 bits per heavy atom. The zero-order valence-corrected chi connectivity index (χ0v) is 55.9. The third-order valence-electron chi connectivity index (χ3n) is 15.4. The number of nitrogens with zero attached hydrogens (tertiary/aromatic N) is 7. The average molecular weight is 1220 g/mol. The molecule has 1 unspecified atom stereocenters. The molecule has 4 aliphatic heterocycles. The molecular weight excluding hydrogens is 1120 g/mol. The van der Waals surface area contributed by atoms with Crippen molar-refractivity contribution in [3.63, 3.8) is 0 Å². The Morgan fingerprint density at radius 1 is 0.511 bits per heavy atom. The van der Waals surface area contributed by atoms with Gasteiger partial charge in [-0.1, -0.05) is 36.4 Å². The van der Waals surface area contributed by atoms with E-state index in [0.717, 1.165) is 35.1 Å². The minimum Gasteiger partial charge on any atom is -0.465 e. The topological polar surface area (TPSA) is 259 Å². The van der Waals surface area contributed by atoms with Crippen molar-refractivity contribution in [1.29, 1.82) is 15.8 Å². The monoisotopic (exact) mass is 1220 g/mol. The number of ketones is 1. The number of ether oxygens (including phenoxy) is 6. The second-order valence-corrected chi connectivity index (χ2v) is 26.9. The van der Waals surface area contributed by atoms with Gasteiger partial charge in [0.15, 0.2) is 5.92 Å². The van der Waals surface area contributed by atoms with Crippen molar-refractivity contribution >= 4 is 42.1 Å². The average Bonchev–Trinajstić information content (AvgIpc) is 1.03. The van der Waals surface area contributed by atoms with E-state index in [4.69, 9.17) is 33.7 Å². The highest BCUT2D eigenvalue weighted by molar-refractivity contribution is 5.93. The van der Waals surface area contributed by atoms with Crippen LogP contribution < -0.4 is 0 Å². The van der Waals surface area contributed by atoms with Crippen LogP contribution >= 0.6 is 0 Å². The van der Waals surface area contributed by atoms with Crippen LogP contribution in [-0.4, -0.2) is 150 Å². The maximum absolute atomic E-state index is 12.7. The number of carbonyl (C=O) groups excluding carboxylic acids is 7. The highest BCUT2D eigenvalue weighted by Crippen LogP contribution is 2.44. The Morgan fingerprint density at radius 2 is 0.875 bits per heavy atom. The van der Waals surface area contributed by atoms with E-state index in [1.807, 2.05) is 115 Å². The summed E-state index contributed by atoms with van der Waals surface area (Å²) in [7, 11) is 0. The van der Waals surface area contributed by atoms with Gasteiger partial charge in [0.25, 0.3) is 0 Å². The van der Waals surface area contributed by atoms with Crippen molar-refractivity contribution < 1.29 is 62.0 Å². The fraction of sp³-hybridized carbons (Fsp3) is 0.647. The van der Waals surface area contributed by atoms with Crippen LogP contribution in [-0.2, 0) is 53.6 Å². The summed E-state index contributed by atoms with van der Waals surface area (Å²) in [5.41, 5.74) is 4.86. The molecule has 484 valence electrons. The van der Waals surface area contributed by atoms with E-state index in [1.165, 1.54) is 16.7 Å². The Hall–Kier alpha value is -7.66. The first-order chi connectivity index (χ1) is 40.9. The first-order valence-corrected chi connectivity index (χ1v) is 30.7. The van der Waals surface area contributed by atoms with Crippen LogP contribution in [0.15, 0.2) is 47.5 Å². The second kappa shape index (κ2) is 32.5. The molecule has 0 N–H and O–H groups in total. The van der Waals surface area contributed by atoms with Gasteiger partial charge in [-0.3, -0.25) is 9.59 Å². The van der Waals surface area contributed by atoms with Crippen molar-refractivity contribution in [2.45, 2.75) is 216 Å². The standard InChI is InChI=1S/C23H32N2O4.C20H28N2O2.C15H22N2O4.C10H17NO3/c1-7-28-20(26)19(15-24)23(18-9-8-16(2)17(3)14-18)10-12-25(13-11-23)21(27)29-22(4,5)6;1-15-6-7-17(14-16(15)2)20(8-11-21)9-12-22(13-10-20)18(23)24-19(3,4)5;1-5-20-13(18)12(10-16)11-6-8-17(9-7-11)14(19)21-15(2,3)4;1-10(2,3)14-9(13)11-6-4-8(12)5-7-11/h8-9,14,19H,7,10-13H2,1-6H3;6-7,14H,8-10,12-13H2,1-5H3;5-9H2,1-4H3;4-7H2,1-3H3. The molecule has 20 nitrogen and oxygen atoms in total. The van der Waals surface area contributed by atoms with Gasteiger partial charge < -0.3 is 48.0 Å². The van der Waals surface area contributed by atoms with Crippen molar-refractivity contribution in [2.24, 2.45) is 5.92 Å². The molecule has 20 heteroatoms. The van der Waals surface area contributed by atoms with Gasteiger partial charge in [-0.25, -0.2) is 24.0 Å². The van der Waals surface area contributed by atoms with Crippen LogP contribution in [0.5, 0.6) is 0 Å².